The number of aryl methyl sites for hydroxylation is 1. The first-order valence-electron chi connectivity index (χ1n) is 7.39. The molecule has 1 saturated carbocycles. The number of benzene rings is 1. The summed E-state index contributed by atoms with van der Waals surface area (Å²) in [5.74, 6) is 0.596. The van der Waals surface area contributed by atoms with E-state index < -0.39 is 10.5 Å². The standard InChI is InChI=1S/C15H18N4O3/c1-10-6-5-7-11(12(10)19(20)21)13-17-14(18-22-13)15(16)8-3-2-4-9-15/h5-7H,2-4,8-9,16H2,1H3. The molecule has 1 aromatic heterocycles. The fourth-order valence-electron chi connectivity index (χ4n) is 3.02. The summed E-state index contributed by atoms with van der Waals surface area (Å²) in [5.41, 5.74) is 6.68. The quantitative estimate of drug-likeness (QED) is 0.689. The highest BCUT2D eigenvalue weighted by Gasteiger charge is 2.35. The van der Waals surface area contributed by atoms with Crippen molar-refractivity contribution in [2.24, 2.45) is 5.73 Å². The Balaban J connectivity index is 2.01. The molecule has 0 unspecified atom stereocenters. The van der Waals surface area contributed by atoms with Gasteiger partial charge in [-0.05, 0) is 25.8 Å². The minimum absolute atomic E-state index is 0.00702. The number of nitrogens with zero attached hydrogens (tertiary/aromatic N) is 3. The molecule has 0 aliphatic heterocycles. The largest absolute Gasteiger partial charge is 0.334 e. The summed E-state index contributed by atoms with van der Waals surface area (Å²) in [4.78, 5) is 15.2. The molecule has 0 radical (unpaired) electrons. The van der Waals surface area contributed by atoms with Gasteiger partial charge in [-0.1, -0.05) is 36.6 Å². The van der Waals surface area contributed by atoms with Crippen molar-refractivity contribution in [1.82, 2.24) is 10.1 Å². The lowest BCUT2D eigenvalue weighted by atomic mass is 9.82. The van der Waals surface area contributed by atoms with Crippen LogP contribution < -0.4 is 5.73 Å². The molecule has 1 aliphatic carbocycles. The highest BCUT2D eigenvalue weighted by Crippen LogP contribution is 2.36. The minimum atomic E-state index is -0.585. The smallest absolute Gasteiger partial charge is 0.285 e. The summed E-state index contributed by atoms with van der Waals surface area (Å²) in [6.45, 7) is 1.68. The maximum Gasteiger partial charge on any atom is 0.285 e. The van der Waals surface area contributed by atoms with Crippen molar-refractivity contribution < 1.29 is 9.45 Å². The van der Waals surface area contributed by atoms with E-state index in [1.165, 1.54) is 0 Å². The first kappa shape index (κ1) is 14.6. The van der Waals surface area contributed by atoms with Crippen LogP contribution in [0.3, 0.4) is 0 Å². The normalized spacial score (nSPS) is 17.4. The molecular formula is C15H18N4O3. The molecule has 116 valence electrons. The molecule has 7 heteroatoms. The number of hydrogen-bond donors (Lipinski definition) is 1. The number of rotatable bonds is 3. The summed E-state index contributed by atoms with van der Waals surface area (Å²) in [7, 11) is 0. The van der Waals surface area contributed by atoms with E-state index in [9.17, 15) is 10.1 Å². The fraction of sp³-hybridized carbons (Fsp3) is 0.467. The van der Waals surface area contributed by atoms with Crippen LogP contribution in [0.25, 0.3) is 11.5 Å². The van der Waals surface area contributed by atoms with Gasteiger partial charge in [-0.2, -0.15) is 4.98 Å². The van der Waals surface area contributed by atoms with E-state index in [4.69, 9.17) is 10.3 Å². The Morgan fingerprint density at radius 1 is 1.32 bits per heavy atom. The Labute approximate surface area is 127 Å². The predicted molar refractivity (Wildman–Crippen MR) is 80.1 cm³/mol. The van der Waals surface area contributed by atoms with Crippen molar-refractivity contribution >= 4 is 5.69 Å². The van der Waals surface area contributed by atoms with Gasteiger partial charge in [0.1, 0.15) is 5.56 Å². The predicted octanol–water partition coefficient (Wildman–Crippen LogP) is 3.07. The highest BCUT2D eigenvalue weighted by molar-refractivity contribution is 5.69. The van der Waals surface area contributed by atoms with E-state index >= 15 is 0 Å². The highest BCUT2D eigenvalue weighted by atomic mass is 16.6. The number of nitro benzene ring substituents is 1. The third-order valence-electron chi connectivity index (χ3n) is 4.27. The topological polar surface area (TPSA) is 108 Å². The molecule has 0 amide bonds. The van der Waals surface area contributed by atoms with Crippen LogP contribution in [0.5, 0.6) is 0 Å². The van der Waals surface area contributed by atoms with E-state index in [-0.39, 0.29) is 11.6 Å². The molecule has 1 heterocycles. The van der Waals surface area contributed by atoms with Crippen molar-refractivity contribution in [3.05, 3.63) is 39.7 Å². The zero-order valence-electron chi connectivity index (χ0n) is 12.4. The molecule has 2 N–H and O–H groups in total. The zero-order valence-corrected chi connectivity index (χ0v) is 12.4. The summed E-state index contributed by atoms with van der Waals surface area (Å²) in [6, 6.07) is 5.04. The SMILES string of the molecule is Cc1cccc(-c2nc(C3(N)CCCCC3)no2)c1[N+](=O)[O-]. The van der Waals surface area contributed by atoms with E-state index in [0.29, 0.717) is 17.0 Å². The van der Waals surface area contributed by atoms with Gasteiger partial charge in [0.2, 0.25) is 0 Å². The number of hydrogen-bond acceptors (Lipinski definition) is 6. The fourth-order valence-corrected chi connectivity index (χ4v) is 3.02. The molecule has 2 aromatic rings. The Hall–Kier alpha value is -2.28. The Bertz CT molecular complexity index is 705. The van der Waals surface area contributed by atoms with Crippen molar-refractivity contribution in [3.8, 4) is 11.5 Å². The van der Waals surface area contributed by atoms with Gasteiger partial charge in [0.05, 0.1) is 10.5 Å². The molecule has 1 aliphatic rings. The van der Waals surface area contributed by atoms with Gasteiger partial charge in [0, 0.05) is 5.56 Å². The van der Waals surface area contributed by atoms with Gasteiger partial charge >= 0.3 is 0 Å². The zero-order chi connectivity index (χ0) is 15.7. The van der Waals surface area contributed by atoms with Gasteiger partial charge in [-0.25, -0.2) is 0 Å². The molecule has 0 bridgehead atoms. The lowest BCUT2D eigenvalue weighted by molar-refractivity contribution is -0.384. The summed E-state index contributed by atoms with van der Waals surface area (Å²) < 4.78 is 5.27. The Morgan fingerprint density at radius 3 is 2.73 bits per heavy atom. The van der Waals surface area contributed by atoms with Gasteiger partial charge < -0.3 is 10.3 Å². The minimum Gasteiger partial charge on any atom is -0.334 e. The summed E-state index contributed by atoms with van der Waals surface area (Å²) in [6.07, 6.45) is 4.84. The van der Waals surface area contributed by atoms with Crippen LogP contribution in [0.2, 0.25) is 0 Å². The third kappa shape index (κ3) is 2.48. The van der Waals surface area contributed by atoms with Gasteiger partial charge in [0.15, 0.2) is 5.82 Å². The molecule has 0 saturated heterocycles. The van der Waals surface area contributed by atoms with Crippen LogP contribution in [0.1, 0.15) is 43.5 Å². The molecule has 1 fully saturated rings. The number of nitro groups is 1. The van der Waals surface area contributed by atoms with Crippen molar-refractivity contribution in [3.63, 3.8) is 0 Å². The lowest BCUT2D eigenvalue weighted by Gasteiger charge is -2.29. The number of aromatic nitrogens is 2. The maximum absolute atomic E-state index is 11.3. The van der Waals surface area contributed by atoms with Crippen LogP contribution in [-0.4, -0.2) is 15.1 Å². The molecule has 1 aromatic carbocycles. The monoisotopic (exact) mass is 302 g/mol. The summed E-state index contributed by atoms with van der Waals surface area (Å²) >= 11 is 0. The average molecular weight is 302 g/mol. The second kappa shape index (κ2) is 5.49. The van der Waals surface area contributed by atoms with E-state index in [2.05, 4.69) is 10.1 Å². The van der Waals surface area contributed by atoms with E-state index in [1.54, 1.807) is 25.1 Å². The van der Waals surface area contributed by atoms with Crippen molar-refractivity contribution in [2.45, 2.75) is 44.6 Å². The second-order valence-corrected chi connectivity index (χ2v) is 5.87. The molecule has 22 heavy (non-hydrogen) atoms. The molecule has 7 nitrogen and oxygen atoms in total. The van der Waals surface area contributed by atoms with Crippen LogP contribution >= 0.6 is 0 Å². The molecule has 0 spiro atoms. The van der Waals surface area contributed by atoms with E-state index in [1.807, 2.05) is 0 Å². The summed E-state index contributed by atoms with van der Waals surface area (Å²) in [5, 5.41) is 15.3. The lowest BCUT2D eigenvalue weighted by Crippen LogP contribution is -2.39. The van der Waals surface area contributed by atoms with Gasteiger partial charge in [-0.3, -0.25) is 10.1 Å². The van der Waals surface area contributed by atoms with Gasteiger partial charge in [0.25, 0.3) is 11.6 Å². The molecule has 0 atom stereocenters. The first-order chi connectivity index (χ1) is 10.5. The third-order valence-corrected chi connectivity index (χ3v) is 4.27. The van der Waals surface area contributed by atoms with Crippen molar-refractivity contribution in [1.29, 1.82) is 0 Å². The maximum atomic E-state index is 11.3. The van der Waals surface area contributed by atoms with Gasteiger partial charge in [-0.15, -0.1) is 0 Å². The van der Waals surface area contributed by atoms with Crippen LogP contribution in [0.15, 0.2) is 22.7 Å². The Morgan fingerprint density at radius 2 is 2.05 bits per heavy atom. The van der Waals surface area contributed by atoms with Crippen molar-refractivity contribution in [2.75, 3.05) is 0 Å². The van der Waals surface area contributed by atoms with E-state index in [0.717, 1.165) is 32.1 Å². The number of nitrogens with two attached hydrogens (primary N) is 1. The second-order valence-electron chi connectivity index (χ2n) is 5.87. The molecular weight excluding hydrogens is 284 g/mol. The van der Waals surface area contributed by atoms with Crippen LogP contribution in [0.4, 0.5) is 5.69 Å². The Kier molecular flexibility index (Phi) is 3.66. The van der Waals surface area contributed by atoms with Crippen LogP contribution in [-0.2, 0) is 5.54 Å². The average Bonchev–Trinajstić information content (AvgIpc) is 2.98. The number of para-hydroxylation sites is 1. The molecule has 3 rings (SSSR count). The first-order valence-corrected chi connectivity index (χ1v) is 7.39. The van der Waals surface area contributed by atoms with Crippen LogP contribution in [0, 0.1) is 17.0 Å².